The van der Waals surface area contributed by atoms with Crippen LogP contribution in [0.1, 0.15) is 17.1 Å². The summed E-state index contributed by atoms with van der Waals surface area (Å²) in [5.74, 6) is 6.16. The summed E-state index contributed by atoms with van der Waals surface area (Å²) in [5.41, 5.74) is 7.43. The molecular formula is C28H25F6N5O2S. The van der Waals surface area contributed by atoms with Gasteiger partial charge in [-0.25, -0.2) is 10.8 Å². The molecule has 3 aromatic carbocycles. The fourth-order valence-corrected chi connectivity index (χ4v) is 4.77. The summed E-state index contributed by atoms with van der Waals surface area (Å²) in [6.45, 7) is 1.41. The van der Waals surface area contributed by atoms with Gasteiger partial charge < -0.3 is 15.0 Å². The molecule has 4 rings (SSSR count). The molecule has 1 unspecified atom stereocenters. The molecule has 0 fully saturated rings. The molecule has 222 valence electrons. The van der Waals surface area contributed by atoms with E-state index < -0.39 is 34.8 Å². The number of nitrogens with two attached hydrogens (primary N) is 2. The fraction of sp³-hybridized carbons (Fsp3) is 0.179. The van der Waals surface area contributed by atoms with Gasteiger partial charge in [-0.1, -0.05) is 30.3 Å². The van der Waals surface area contributed by atoms with E-state index in [0.29, 0.717) is 21.6 Å². The number of hydrogen-bond acceptors (Lipinski definition) is 6. The summed E-state index contributed by atoms with van der Waals surface area (Å²) in [7, 11) is -1.26. The van der Waals surface area contributed by atoms with Gasteiger partial charge in [-0.3, -0.25) is 9.22 Å². The number of alkyl halides is 6. The predicted octanol–water partition coefficient (Wildman–Crippen LogP) is 6.23. The Morgan fingerprint density at radius 2 is 1.69 bits per heavy atom. The van der Waals surface area contributed by atoms with Crippen molar-refractivity contribution in [3.8, 4) is 22.6 Å². The minimum Gasteiger partial charge on any atom is -0.406 e. The molecule has 7 nitrogen and oxygen atoms in total. The molecule has 0 aliphatic rings. The first-order valence-electron chi connectivity index (χ1n) is 12.2. The molecule has 0 aliphatic heterocycles. The molecule has 0 radical (unpaired) electrons. The lowest BCUT2D eigenvalue weighted by molar-refractivity contribution is -0.274. The minimum atomic E-state index is -4.84. The van der Waals surface area contributed by atoms with Crippen molar-refractivity contribution in [3.63, 3.8) is 0 Å². The SMILES string of the molecule is Cc1nc(C(F)(F)F)cn1-c1ccc(-c2cccc(S(C)=O)c2)cc1N(N)/C(=C\N)Cc1ccc(OC(F)(F)F)cc1. The molecule has 0 saturated heterocycles. The Kier molecular flexibility index (Phi) is 8.68. The number of imidazole rings is 1. The number of ether oxygens (including phenoxy) is 1. The smallest absolute Gasteiger partial charge is 0.406 e. The van der Waals surface area contributed by atoms with Gasteiger partial charge >= 0.3 is 12.5 Å². The Balaban J connectivity index is 1.78. The number of hydrazine groups is 1. The highest BCUT2D eigenvalue weighted by molar-refractivity contribution is 7.84. The van der Waals surface area contributed by atoms with Crippen LogP contribution in [-0.2, 0) is 23.4 Å². The van der Waals surface area contributed by atoms with Crippen LogP contribution < -0.4 is 21.3 Å². The van der Waals surface area contributed by atoms with Gasteiger partial charge in [-0.05, 0) is 60.0 Å². The monoisotopic (exact) mass is 609 g/mol. The zero-order valence-electron chi connectivity index (χ0n) is 22.2. The van der Waals surface area contributed by atoms with E-state index in [1.807, 2.05) is 0 Å². The highest BCUT2D eigenvalue weighted by Crippen LogP contribution is 2.35. The van der Waals surface area contributed by atoms with Crippen molar-refractivity contribution < 1.29 is 35.3 Å². The molecule has 0 amide bonds. The lowest BCUT2D eigenvalue weighted by Crippen LogP contribution is -2.33. The highest BCUT2D eigenvalue weighted by Gasteiger charge is 2.35. The fourth-order valence-electron chi connectivity index (χ4n) is 4.20. The van der Waals surface area contributed by atoms with Crippen LogP contribution in [0.25, 0.3) is 16.8 Å². The lowest BCUT2D eigenvalue weighted by Gasteiger charge is -2.26. The molecule has 4 N–H and O–H groups in total. The van der Waals surface area contributed by atoms with E-state index in [1.165, 1.54) is 41.1 Å². The Labute approximate surface area is 239 Å². The largest absolute Gasteiger partial charge is 0.573 e. The number of nitrogens with zero attached hydrogens (tertiary/aromatic N) is 3. The van der Waals surface area contributed by atoms with E-state index in [4.69, 9.17) is 11.6 Å². The van der Waals surface area contributed by atoms with Crippen LogP contribution in [0.5, 0.6) is 5.75 Å². The Hall–Kier alpha value is -4.30. The summed E-state index contributed by atoms with van der Waals surface area (Å²) < 4.78 is 95.2. The quantitative estimate of drug-likeness (QED) is 0.140. The molecule has 1 atom stereocenters. The number of aromatic nitrogens is 2. The lowest BCUT2D eigenvalue weighted by atomic mass is 10.0. The first kappa shape index (κ1) is 30.7. The van der Waals surface area contributed by atoms with Crippen molar-refractivity contribution in [2.75, 3.05) is 11.3 Å². The van der Waals surface area contributed by atoms with Gasteiger partial charge in [-0.15, -0.1) is 13.2 Å². The van der Waals surface area contributed by atoms with E-state index in [9.17, 15) is 30.6 Å². The van der Waals surface area contributed by atoms with Gasteiger partial charge in [-0.2, -0.15) is 13.2 Å². The van der Waals surface area contributed by atoms with Gasteiger partial charge in [0, 0.05) is 40.8 Å². The zero-order chi connectivity index (χ0) is 30.8. The van der Waals surface area contributed by atoms with Crippen LogP contribution in [0.2, 0.25) is 0 Å². The van der Waals surface area contributed by atoms with Gasteiger partial charge in [0.25, 0.3) is 0 Å². The third-order valence-electron chi connectivity index (χ3n) is 6.21. The number of anilines is 1. The van der Waals surface area contributed by atoms with Crippen molar-refractivity contribution in [1.82, 2.24) is 9.55 Å². The van der Waals surface area contributed by atoms with E-state index in [-0.39, 0.29) is 29.3 Å². The average Bonchev–Trinajstić information content (AvgIpc) is 3.33. The van der Waals surface area contributed by atoms with Crippen molar-refractivity contribution in [1.29, 1.82) is 0 Å². The second kappa shape index (κ2) is 11.9. The highest BCUT2D eigenvalue weighted by atomic mass is 32.2. The number of aryl methyl sites for hydroxylation is 1. The number of hydrogen-bond donors (Lipinski definition) is 2. The predicted molar refractivity (Wildman–Crippen MR) is 147 cm³/mol. The van der Waals surface area contributed by atoms with Crippen LogP contribution in [0, 0.1) is 6.92 Å². The molecule has 4 aromatic rings. The van der Waals surface area contributed by atoms with E-state index in [0.717, 1.165) is 18.3 Å². The number of halogens is 6. The molecule has 1 aromatic heterocycles. The second-order valence-corrected chi connectivity index (χ2v) is 10.5. The van der Waals surface area contributed by atoms with Crippen molar-refractivity contribution in [3.05, 3.63) is 102 Å². The van der Waals surface area contributed by atoms with Gasteiger partial charge in [0.15, 0.2) is 5.69 Å². The summed E-state index contributed by atoms with van der Waals surface area (Å²) >= 11 is 0. The Bertz CT molecular complexity index is 1630. The maximum absolute atomic E-state index is 13.5. The van der Waals surface area contributed by atoms with Crippen LogP contribution in [0.3, 0.4) is 0 Å². The minimum absolute atomic E-state index is 0.0478. The van der Waals surface area contributed by atoms with Crippen molar-refractivity contribution >= 4 is 16.5 Å². The first-order chi connectivity index (χ1) is 19.7. The Morgan fingerprint density at radius 3 is 2.26 bits per heavy atom. The number of rotatable bonds is 8. The number of allylic oxidation sites excluding steroid dienone is 1. The summed E-state index contributed by atoms with van der Waals surface area (Å²) in [4.78, 5) is 4.22. The maximum atomic E-state index is 13.5. The van der Waals surface area contributed by atoms with E-state index >= 15 is 0 Å². The standard InChI is InChI=1S/C28H25F6N5O2S/c1-17-37-26(27(29,30)31)16-38(17)24-11-8-20(19-4-3-5-23(13-19)42(2)40)14-25(24)39(36)21(15-35)12-18-6-9-22(10-7-18)41-28(32,33)34/h3-11,13-16H,12,35-36H2,1-2H3/b21-15-. The van der Waals surface area contributed by atoms with Crippen LogP contribution in [0.15, 0.2) is 89.7 Å². The number of benzene rings is 3. The maximum Gasteiger partial charge on any atom is 0.573 e. The van der Waals surface area contributed by atoms with Crippen LogP contribution in [-0.4, -0.2) is 26.4 Å². The third kappa shape index (κ3) is 7.12. The molecule has 42 heavy (non-hydrogen) atoms. The molecule has 0 bridgehead atoms. The molecule has 14 heteroatoms. The molecule has 1 heterocycles. The van der Waals surface area contributed by atoms with Crippen LogP contribution in [0.4, 0.5) is 32.0 Å². The topological polar surface area (TPSA) is 99.4 Å². The van der Waals surface area contributed by atoms with E-state index in [1.54, 1.807) is 42.5 Å². The van der Waals surface area contributed by atoms with Gasteiger partial charge in [0.1, 0.15) is 11.6 Å². The van der Waals surface area contributed by atoms with Crippen LogP contribution >= 0.6 is 0 Å². The molecular weight excluding hydrogens is 584 g/mol. The van der Waals surface area contributed by atoms with Gasteiger partial charge in [0.2, 0.25) is 0 Å². The average molecular weight is 610 g/mol. The summed E-state index contributed by atoms with van der Waals surface area (Å²) in [5, 5.41) is 1.19. The zero-order valence-corrected chi connectivity index (χ0v) is 23.0. The van der Waals surface area contributed by atoms with Crippen molar-refractivity contribution in [2.24, 2.45) is 11.6 Å². The summed E-state index contributed by atoms with van der Waals surface area (Å²) in [6.07, 6.45) is -5.88. The van der Waals surface area contributed by atoms with Gasteiger partial charge in [0.05, 0.1) is 17.1 Å². The molecule has 0 saturated carbocycles. The van der Waals surface area contributed by atoms with E-state index in [2.05, 4.69) is 9.72 Å². The molecule has 0 spiro atoms. The Morgan fingerprint density at radius 1 is 1.02 bits per heavy atom. The van der Waals surface area contributed by atoms with Crippen molar-refractivity contribution in [2.45, 2.75) is 30.8 Å². The third-order valence-corrected chi connectivity index (χ3v) is 7.13. The first-order valence-corrected chi connectivity index (χ1v) is 13.7. The summed E-state index contributed by atoms with van der Waals surface area (Å²) in [6, 6.07) is 16.9. The normalized spacial score (nSPS) is 13.2. The second-order valence-electron chi connectivity index (χ2n) is 9.12. The molecule has 0 aliphatic carbocycles.